The number of esters is 1. The summed E-state index contributed by atoms with van der Waals surface area (Å²) in [6.07, 6.45) is 2.11. The predicted octanol–water partition coefficient (Wildman–Crippen LogP) is 1.96. The van der Waals surface area contributed by atoms with Crippen LogP contribution < -0.4 is 15.4 Å². The van der Waals surface area contributed by atoms with E-state index in [0.29, 0.717) is 11.4 Å². The van der Waals surface area contributed by atoms with Crippen molar-refractivity contribution >= 4 is 17.6 Å². The Kier molecular flexibility index (Phi) is 5.60. The number of anilines is 1. The number of amides is 1. The van der Waals surface area contributed by atoms with Gasteiger partial charge in [0.15, 0.2) is 6.61 Å². The van der Waals surface area contributed by atoms with Crippen LogP contribution in [0.15, 0.2) is 24.3 Å². The lowest BCUT2D eigenvalue weighted by molar-refractivity contribution is -0.142. The number of carbonyl (C=O) groups excluding carboxylic acids is 2. The predicted molar refractivity (Wildman–Crippen MR) is 87.4 cm³/mol. The van der Waals surface area contributed by atoms with Crippen LogP contribution >= 0.6 is 0 Å². The molecule has 126 valence electrons. The van der Waals surface area contributed by atoms with Crippen molar-refractivity contribution in [2.24, 2.45) is 5.41 Å². The van der Waals surface area contributed by atoms with E-state index in [2.05, 4.69) is 29.2 Å². The average Bonchev–Trinajstić information content (AvgIpc) is 2.53. The Morgan fingerprint density at radius 1 is 1.30 bits per heavy atom. The third-order valence-electron chi connectivity index (χ3n) is 4.10. The molecule has 1 saturated heterocycles. The molecule has 2 N–H and O–H groups in total. The molecule has 1 unspecified atom stereocenters. The molecule has 1 aliphatic heterocycles. The number of hydrogen-bond acceptors (Lipinski definition) is 5. The first kappa shape index (κ1) is 17.3. The minimum Gasteiger partial charge on any atom is -0.482 e. The smallest absolute Gasteiger partial charge is 0.343 e. The van der Waals surface area contributed by atoms with Gasteiger partial charge in [0.1, 0.15) is 5.75 Å². The summed E-state index contributed by atoms with van der Waals surface area (Å²) in [5.41, 5.74) is 0.634. The molecule has 0 aliphatic carbocycles. The van der Waals surface area contributed by atoms with Crippen LogP contribution in [0.3, 0.4) is 0 Å². The maximum absolute atomic E-state index is 12.5. The molecule has 1 amide bonds. The van der Waals surface area contributed by atoms with Gasteiger partial charge in [-0.1, -0.05) is 13.8 Å². The van der Waals surface area contributed by atoms with Gasteiger partial charge in [-0.25, -0.2) is 4.79 Å². The molecule has 0 bridgehead atoms. The van der Waals surface area contributed by atoms with Gasteiger partial charge in [-0.2, -0.15) is 0 Å². The number of methoxy groups -OCH3 is 1. The van der Waals surface area contributed by atoms with Crippen molar-refractivity contribution in [3.05, 3.63) is 24.3 Å². The minimum atomic E-state index is -0.437. The summed E-state index contributed by atoms with van der Waals surface area (Å²) in [5.74, 6) is 0.0791. The summed E-state index contributed by atoms with van der Waals surface area (Å²) in [4.78, 5) is 23.5. The first-order valence-corrected chi connectivity index (χ1v) is 7.76. The molecule has 1 atom stereocenters. The quantitative estimate of drug-likeness (QED) is 0.811. The van der Waals surface area contributed by atoms with Crippen molar-refractivity contribution in [1.82, 2.24) is 5.32 Å². The molecule has 0 aromatic heterocycles. The molecule has 23 heavy (non-hydrogen) atoms. The summed E-state index contributed by atoms with van der Waals surface area (Å²) in [7, 11) is 1.31. The van der Waals surface area contributed by atoms with E-state index in [-0.39, 0.29) is 24.0 Å². The van der Waals surface area contributed by atoms with Gasteiger partial charge in [0.25, 0.3) is 0 Å². The maximum Gasteiger partial charge on any atom is 0.343 e. The topological polar surface area (TPSA) is 76.7 Å². The van der Waals surface area contributed by atoms with E-state index in [9.17, 15) is 9.59 Å². The normalized spacial score (nSPS) is 19.7. The zero-order valence-corrected chi connectivity index (χ0v) is 13.8. The molecule has 1 aromatic carbocycles. The highest BCUT2D eigenvalue weighted by Crippen LogP contribution is 2.30. The van der Waals surface area contributed by atoms with E-state index >= 15 is 0 Å². The SMILES string of the molecule is COC(=O)COc1ccc(NC(=O)C2NCCCC2(C)C)cc1. The molecule has 1 aliphatic rings. The first-order chi connectivity index (χ1) is 10.9. The summed E-state index contributed by atoms with van der Waals surface area (Å²) in [5, 5.41) is 6.21. The largest absolute Gasteiger partial charge is 0.482 e. The van der Waals surface area contributed by atoms with E-state index < -0.39 is 5.97 Å². The fourth-order valence-corrected chi connectivity index (χ4v) is 2.71. The number of nitrogens with one attached hydrogen (secondary N) is 2. The van der Waals surface area contributed by atoms with Gasteiger partial charge in [0.2, 0.25) is 5.91 Å². The van der Waals surface area contributed by atoms with Crippen LogP contribution in [0.4, 0.5) is 5.69 Å². The molecular weight excluding hydrogens is 296 g/mol. The van der Waals surface area contributed by atoms with E-state index in [0.717, 1.165) is 19.4 Å². The average molecular weight is 320 g/mol. The number of rotatable bonds is 5. The lowest BCUT2D eigenvalue weighted by Crippen LogP contribution is -2.53. The molecule has 1 fully saturated rings. The van der Waals surface area contributed by atoms with Crippen molar-refractivity contribution in [3.63, 3.8) is 0 Å². The van der Waals surface area contributed by atoms with Gasteiger partial charge in [0, 0.05) is 5.69 Å². The summed E-state index contributed by atoms with van der Waals surface area (Å²) in [6, 6.07) is 6.71. The van der Waals surface area contributed by atoms with Crippen LogP contribution in [0.2, 0.25) is 0 Å². The molecule has 0 radical (unpaired) electrons. The molecule has 2 rings (SSSR count). The van der Waals surface area contributed by atoms with Crippen LogP contribution in [0.5, 0.6) is 5.75 Å². The van der Waals surface area contributed by atoms with Crippen LogP contribution in [0, 0.1) is 5.41 Å². The minimum absolute atomic E-state index is 0.0297. The Hall–Kier alpha value is -2.08. The van der Waals surface area contributed by atoms with Crippen LogP contribution in [-0.4, -0.2) is 38.2 Å². The molecular formula is C17H24N2O4. The third-order valence-corrected chi connectivity index (χ3v) is 4.10. The highest BCUT2D eigenvalue weighted by Gasteiger charge is 2.36. The molecule has 6 heteroatoms. The Morgan fingerprint density at radius 2 is 2.00 bits per heavy atom. The van der Waals surface area contributed by atoms with E-state index in [1.807, 2.05) is 0 Å². The fourth-order valence-electron chi connectivity index (χ4n) is 2.71. The van der Waals surface area contributed by atoms with Crippen LogP contribution in [0.1, 0.15) is 26.7 Å². The number of hydrogen-bond donors (Lipinski definition) is 2. The second-order valence-electron chi connectivity index (χ2n) is 6.36. The van der Waals surface area contributed by atoms with Crippen molar-refractivity contribution in [2.75, 3.05) is 25.6 Å². The van der Waals surface area contributed by atoms with E-state index in [4.69, 9.17) is 4.74 Å². The molecule has 1 heterocycles. The number of ether oxygens (including phenoxy) is 2. The van der Waals surface area contributed by atoms with Crippen molar-refractivity contribution in [2.45, 2.75) is 32.7 Å². The molecule has 1 aromatic rings. The lowest BCUT2D eigenvalue weighted by Gasteiger charge is -2.38. The zero-order valence-electron chi connectivity index (χ0n) is 13.8. The zero-order chi connectivity index (χ0) is 16.9. The van der Waals surface area contributed by atoms with Gasteiger partial charge < -0.3 is 20.1 Å². The first-order valence-electron chi connectivity index (χ1n) is 7.76. The maximum atomic E-state index is 12.5. The molecule has 0 spiro atoms. The monoisotopic (exact) mass is 320 g/mol. The fraction of sp³-hybridized carbons (Fsp3) is 0.529. The standard InChI is InChI=1S/C17H24N2O4/c1-17(2)9-4-10-18-15(17)16(21)19-12-5-7-13(8-6-12)23-11-14(20)22-3/h5-8,15,18H,4,9-11H2,1-3H3,(H,19,21). The molecule has 0 saturated carbocycles. The number of piperidine rings is 1. The van der Waals surface area contributed by atoms with Crippen LogP contribution in [-0.2, 0) is 14.3 Å². The highest BCUT2D eigenvalue weighted by atomic mass is 16.6. The Balaban J connectivity index is 1.92. The van der Waals surface area contributed by atoms with Gasteiger partial charge in [0.05, 0.1) is 13.2 Å². The van der Waals surface area contributed by atoms with E-state index in [1.165, 1.54) is 7.11 Å². The van der Waals surface area contributed by atoms with Crippen molar-refractivity contribution in [3.8, 4) is 5.75 Å². The van der Waals surface area contributed by atoms with Crippen LogP contribution in [0.25, 0.3) is 0 Å². The second kappa shape index (κ2) is 7.46. The second-order valence-corrected chi connectivity index (χ2v) is 6.36. The Morgan fingerprint density at radius 3 is 2.61 bits per heavy atom. The van der Waals surface area contributed by atoms with Crippen molar-refractivity contribution in [1.29, 1.82) is 0 Å². The van der Waals surface area contributed by atoms with Gasteiger partial charge in [-0.3, -0.25) is 4.79 Å². The van der Waals surface area contributed by atoms with Crippen molar-refractivity contribution < 1.29 is 19.1 Å². The van der Waals surface area contributed by atoms with Gasteiger partial charge in [-0.15, -0.1) is 0 Å². The third kappa shape index (κ3) is 4.69. The Bertz CT molecular complexity index is 554. The summed E-state index contributed by atoms with van der Waals surface area (Å²) < 4.78 is 9.78. The Labute approximate surface area is 136 Å². The lowest BCUT2D eigenvalue weighted by atomic mass is 9.77. The summed E-state index contributed by atoms with van der Waals surface area (Å²) >= 11 is 0. The number of carbonyl (C=O) groups is 2. The highest BCUT2D eigenvalue weighted by molar-refractivity contribution is 5.95. The molecule has 6 nitrogen and oxygen atoms in total. The van der Waals surface area contributed by atoms with Gasteiger partial charge >= 0.3 is 5.97 Å². The number of benzene rings is 1. The summed E-state index contributed by atoms with van der Waals surface area (Å²) in [6.45, 7) is 4.94. The van der Waals surface area contributed by atoms with E-state index in [1.54, 1.807) is 24.3 Å². The van der Waals surface area contributed by atoms with Gasteiger partial charge in [-0.05, 0) is 49.1 Å².